The Hall–Kier alpha value is -1.35. The maximum atomic E-state index is 11.3. The van der Waals surface area contributed by atoms with Gasteiger partial charge in [0.25, 0.3) is 0 Å². The molecule has 1 aliphatic heterocycles. The van der Waals surface area contributed by atoms with Crippen molar-refractivity contribution >= 4 is 5.91 Å². The SMILES string of the molecule is CC(=O)N1Cc2ccc(C(N)C(C)C)cc2C1. The molecule has 0 spiro atoms. The molecule has 0 fully saturated rings. The van der Waals surface area contributed by atoms with Gasteiger partial charge in [-0.25, -0.2) is 0 Å². The molecular weight excluding hydrogens is 212 g/mol. The second kappa shape index (κ2) is 4.49. The maximum absolute atomic E-state index is 11.3. The number of nitrogens with two attached hydrogens (primary N) is 1. The minimum Gasteiger partial charge on any atom is -0.334 e. The molecule has 1 unspecified atom stereocenters. The zero-order valence-corrected chi connectivity index (χ0v) is 10.7. The van der Waals surface area contributed by atoms with Gasteiger partial charge in [-0.2, -0.15) is 0 Å². The van der Waals surface area contributed by atoms with Crippen molar-refractivity contribution in [2.24, 2.45) is 11.7 Å². The predicted octanol–water partition coefficient (Wildman–Crippen LogP) is 2.20. The zero-order chi connectivity index (χ0) is 12.6. The topological polar surface area (TPSA) is 46.3 Å². The Balaban J connectivity index is 2.24. The van der Waals surface area contributed by atoms with E-state index >= 15 is 0 Å². The Bertz CT molecular complexity index is 440. The van der Waals surface area contributed by atoms with Gasteiger partial charge in [-0.1, -0.05) is 32.0 Å². The molecule has 1 amide bonds. The van der Waals surface area contributed by atoms with Crippen LogP contribution in [0.3, 0.4) is 0 Å². The first-order chi connectivity index (χ1) is 7.99. The van der Waals surface area contributed by atoms with Crippen molar-refractivity contribution in [3.63, 3.8) is 0 Å². The average molecular weight is 232 g/mol. The van der Waals surface area contributed by atoms with Gasteiger partial charge in [0.05, 0.1) is 0 Å². The van der Waals surface area contributed by atoms with Crippen LogP contribution in [-0.2, 0) is 17.9 Å². The summed E-state index contributed by atoms with van der Waals surface area (Å²) < 4.78 is 0. The fourth-order valence-electron chi connectivity index (χ4n) is 2.23. The normalized spacial score (nSPS) is 16.2. The van der Waals surface area contributed by atoms with Gasteiger partial charge in [-0.3, -0.25) is 4.79 Å². The van der Waals surface area contributed by atoms with Crippen molar-refractivity contribution in [3.05, 3.63) is 34.9 Å². The molecule has 0 aromatic heterocycles. The van der Waals surface area contributed by atoms with Crippen LogP contribution in [0, 0.1) is 5.92 Å². The Kier molecular flexibility index (Phi) is 3.20. The summed E-state index contributed by atoms with van der Waals surface area (Å²) in [5, 5.41) is 0. The first kappa shape index (κ1) is 12.1. The van der Waals surface area contributed by atoms with Crippen LogP contribution in [0.25, 0.3) is 0 Å². The molecule has 3 heteroatoms. The summed E-state index contributed by atoms with van der Waals surface area (Å²) in [7, 11) is 0. The van der Waals surface area contributed by atoms with Crippen molar-refractivity contribution in [2.75, 3.05) is 0 Å². The summed E-state index contributed by atoms with van der Waals surface area (Å²) in [5.41, 5.74) is 9.81. The molecule has 17 heavy (non-hydrogen) atoms. The third-order valence-corrected chi connectivity index (χ3v) is 3.50. The molecule has 1 atom stereocenters. The van der Waals surface area contributed by atoms with E-state index in [9.17, 15) is 4.79 Å². The zero-order valence-electron chi connectivity index (χ0n) is 10.7. The molecule has 0 bridgehead atoms. The lowest BCUT2D eigenvalue weighted by Gasteiger charge is -2.16. The number of carbonyl (C=O) groups excluding carboxylic acids is 1. The largest absolute Gasteiger partial charge is 0.334 e. The first-order valence-corrected chi connectivity index (χ1v) is 6.12. The highest BCUT2D eigenvalue weighted by Gasteiger charge is 2.22. The third kappa shape index (κ3) is 2.34. The molecule has 2 rings (SSSR count). The van der Waals surface area contributed by atoms with Gasteiger partial charge in [0, 0.05) is 26.1 Å². The molecule has 1 aromatic carbocycles. The van der Waals surface area contributed by atoms with Crippen molar-refractivity contribution in [1.29, 1.82) is 0 Å². The van der Waals surface area contributed by atoms with Gasteiger partial charge < -0.3 is 10.6 Å². The van der Waals surface area contributed by atoms with Crippen LogP contribution in [0.15, 0.2) is 18.2 Å². The van der Waals surface area contributed by atoms with E-state index in [1.807, 2.05) is 4.90 Å². The Labute approximate surface area is 103 Å². The smallest absolute Gasteiger partial charge is 0.220 e. The number of benzene rings is 1. The lowest BCUT2D eigenvalue weighted by atomic mass is 9.94. The van der Waals surface area contributed by atoms with E-state index in [-0.39, 0.29) is 11.9 Å². The van der Waals surface area contributed by atoms with Crippen LogP contribution in [0.4, 0.5) is 0 Å². The first-order valence-electron chi connectivity index (χ1n) is 6.12. The van der Waals surface area contributed by atoms with Gasteiger partial charge >= 0.3 is 0 Å². The van der Waals surface area contributed by atoms with Crippen LogP contribution in [-0.4, -0.2) is 10.8 Å². The number of hydrogen-bond donors (Lipinski definition) is 1. The van der Waals surface area contributed by atoms with E-state index in [0.29, 0.717) is 5.92 Å². The molecule has 1 heterocycles. The summed E-state index contributed by atoms with van der Waals surface area (Å²) in [6.45, 7) is 7.33. The number of rotatable bonds is 2. The van der Waals surface area contributed by atoms with Gasteiger partial charge in [0.2, 0.25) is 5.91 Å². The molecule has 1 aromatic rings. The molecule has 92 valence electrons. The van der Waals surface area contributed by atoms with Crippen molar-refractivity contribution < 1.29 is 4.79 Å². The van der Waals surface area contributed by atoms with E-state index in [4.69, 9.17) is 5.73 Å². The van der Waals surface area contributed by atoms with E-state index in [1.54, 1.807) is 6.92 Å². The standard InChI is InChI=1S/C14H20N2O/c1-9(2)14(15)11-4-5-12-7-16(10(3)17)8-13(12)6-11/h4-6,9,14H,7-8,15H2,1-3H3. The quantitative estimate of drug-likeness (QED) is 0.849. The van der Waals surface area contributed by atoms with E-state index in [2.05, 4.69) is 32.0 Å². The highest BCUT2D eigenvalue weighted by Crippen LogP contribution is 2.27. The van der Waals surface area contributed by atoms with Gasteiger partial charge in [0.1, 0.15) is 0 Å². The van der Waals surface area contributed by atoms with Gasteiger partial charge in [-0.15, -0.1) is 0 Å². The summed E-state index contributed by atoms with van der Waals surface area (Å²) in [4.78, 5) is 13.2. The molecule has 0 saturated carbocycles. The molecule has 3 nitrogen and oxygen atoms in total. The Morgan fingerprint density at radius 2 is 1.94 bits per heavy atom. The monoisotopic (exact) mass is 232 g/mol. The molecule has 2 N–H and O–H groups in total. The van der Waals surface area contributed by atoms with Gasteiger partial charge in [-0.05, 0) is 22.6 Å². The lowest BCUT2D eigenvalue weighted by Crippen LogP contribution is -2.21. The number of fused-ring (bicyclic) bond motifs is 1. The summed E-state index contributed by atoms with van der Waals surface area (Å²) in [5.74, 6) is 0.564. The number of amides is 1. The van der Waals surface area contributed by atoms with Crippen molar-refractivity contribution in [2.45, 2.75) is 39.9 Å². The molecule has 1 aliphatic rings. The molecule has 0 saturated heterocycles. The highest BCUT2D eigenvalue weighted by molar-refractivity contribution is 5.74. The summed E-state index contributed by atoms with van der Waals surface area (Å²) >= 11 is 0. The van der Waals surface area contributed by atoms with Crippen LogP contribution in [0.2, 0.25) is 0 Å². The van der Waals surface area contributed by atoms with Gasteiger partial charge in [0.15, 0.2) is 0 Å². The number of carbonyl (C=O) groups is 1. The highest BCUT2D eigenvalue weighted by atomic mass is 16.2. The Morgan fingerprint density at radius 3 is 2.53 bits per heavy atom. The Morgan fingerprint density at radius 1 is 1.29 bits per heavy atom. The maximum Gasteiger partial charge on any atom is 0.220 e. The van der Waals surface area contributed by atoms with Crippen molar-refractivity contribution in [1.82, 2.24) is 4.90 Å². The minimum absolute atomic E-state index is 0.0756. The van der Waals surface area contributed by atoms with Crippen molar-refractivity contribution in [3.8, 4) is 0 Å². The summed E-state index contributed by atoms with van der Waals surface area (Å²) in [6.07, 6.45) is 0. The van der Waals surface area contributed by atoms with E-state index in [1.165, 1.54) is 16.7 Å². The summed E-state index contributed by atoms with van der Waals surface area (Å²) in [6, 6.07) is 6.43. The van der Waals surface area contributed by atoms with Crippen LogP contribution in [0.5, 0.6) is 0 Å². The fourth-order valence-corrected chi connectivity index (χ4v) is 2.23. The lowest BCUT2D eigenvalue weighted by molar-refractivity contribution is -0.129. The second-order valence-electron chi connectivity index (χ2n) is 5.17. The van der Waals surface area contributed by atoms with Crippen LogP contribution >= 0.6 is 0 Å². The molecule has 0 aliphatic carbocycles. The minimum atomic E-state index is 0.0756. The second-order valence-corrected chi connectivity index (χ2v) is 5.17. The van der Waals surface area contributed by atoms with E-state index in [0.717, 1.165) is 13.1 Å². The molecular formula is C14H20N2O. The third-order valence-electron chi connectivity index (χ3n) is 3.50. The predicted molar refractivity (Wildman–Crippen MR) is 68.1 cm³/mol. The number of nitrogens with zero attached hydrogens (tertiary/aromatic N) is 1. The number of hydrogen-bond acceptors (Lipinski definition) is 2. The van der Waals surface area contributed by atoms with E-state index < -0.39 is 0 Å². The average Bonchev–Trinajstić information content (AvgIpc) is 2.70. The molecule has 0 radical (unpaired) electrons. The fraction of sp³-hybridized carbons (Fsp3) is 0.500. The van der Waals surface area contributed by atoms with Crippen LogP contribution in [0.1, 0.15) is 43.5 Å². The van der Waals surface area contributed by atoms with Crippen LogP contribution < -0.4 is 5.73 Å².